The highest BCUT2D eigenvalue weighted by Crippen LogP contribution is 2.24. The predicted molar refractivity (Wildman–Crippen MR) is 72.8 cm³/mol. The van der Waals surface area contributed by atoms with Crippen LogP contribution in [0.3, 0.4) is 0 Å². The maximum Gasteiger partial charge on any atom is 0.258 e. The summed E-state index contributed by atoms with van der Waals surface area (Å²) < 4.78 is 40.0. The number of nitrogens with two attached hydrogens (primary N) is 1. The molecule has 0 fully saturated rings. The van der Waals surface area contributed by atoms with E-state index in [1.165, 1.54) is 12.1 Å². The molecule has 0 saturated heterocycles. The molecule has 0 saturated carbocycles. The summed E-state index contributed by atoms with van der Waals surface area (Å²) in [4.78, 5) is 11.9. The lowest BCUT2D eigenvalue weighted by Crippen LogP contribution is -2.15. The van der Waals surface area contributed by atoms with Crippen LogP contribution in [0, 0.1) is 17.5 Å². The molecule has 0 aliphatic carbocycles. The molecule has 0 heterocycles. The quantitative estimate of drug-likeness (QED) is 0.816. The molecule has 0 radical (unpaired) electrons. The van der Waals surface area contributed by atoms with Gasteiger partial charge in [-0.15, -0.1) is 0 Å². The van der Waals surface area contributed by atoms with Gasteiger partial charge in [0.2, 0.25) is 0 Å². The lowest BCUT2D eigenvalue weighted by Gasteiger charge is -2.09. The molecule has 0 aliphatic heterocycles. The lowest BCUT2D eigenvalue weighted by molar-refractivity contribution is 0.102. The van der Waals surface area contributed by atoms with E-state index in [9.17, 15) is 18.0 Å². The molecule has 0 aromatic heterocycles. The van der Waals surface area contributed by atoms with Crippen LogP contribution in [0.25, 0.3) is 0 Å². The van der Waals surface area contributed by atoms with Gasteiger partial charge in [0.05, 0.1) is 16.9 Å². The zero-order valence-corrected chi connectivity index (χ0v) is 11.5. The van der Waals surface area contributed by atoms with Crippen molar-refractivity contribution in [3.05, 3.63) is 57.8 Å². The molecular weight excluding hydrogens is 337 g/mol. The smallest absolute Gasteiger partial charge is 0.258 e. The van der Waals surface area contributed by atoms with Crippen molar-refractivity contribution >= 4 is 33.2 Å². The third kappa shape index (κ3) is 2.93. The second-order valence-corrected chi connectivity index (χ2v) is 4.79. The number of hydrogen-bond acceptors (Lipinski definition) is 2. The van der Waals surface area contributed by atoms with Crippen molar-refractivity contribution in [3.8, 4) is 0 Å². The minimum atomic E-state index is -1.05. The Morgan fingerprint density at radius 1 is 1.10 bits per heavy atom. The fraction of sp³-hybridized carbons (Fsp3) is 0. The Morgan fingerprint density at radius 3 is 2.50 bits per heavy atom. The van der Waals surface area contributed by atoms with E-state index in [4.69, 9.17) is 5.73 Å². The van der Waals surface area contributed by atoms with Gasteiger partial charge >= 0.3 is 0 Å². The maximum atomic E-state index is 13.5. The van der Waals surface area contributed by atoms with E-state index in [2.05, 4.69) is 21.2 Å². The highest BCUT2D eigenvalue weighted by atomic mass is 79.9. The van der Waals surface area contributed by atoms with E-state index in [0.29, 0.717) is 10.5 Å². The number of halogens is 4. The molecule has 3 nitrogen and oxygen atoms in total. The normalized spacial score (nSPS) is 10.4. The number of benzene rings is 2. The number of anilines is 2. The third-order valence-corrected chi connectivity index (χ3v) is 3.20. The molecule has 3 N–H and O–H groups in total. The molecule has 0 atom stereocenters. The first-order chi connectivity index (χ1) is 9.38. The minimum absolute atomic E-state index is 0.122. The average molecular weight is 345 g/mol. The highest BCUT2D eigenvalue weighted by molar-refractivity contribution is 9.10. The molecule has 0 unspecified atom stereocenters. The zero-order valence-electron chi connectivity index (χ0n) is 9.88. The number of carbonyl (C=O) groups is 1. The van der Waals surface area contributed by atoms with E-state index in [1.54, 1.807) is 0 Å². The number of amides is 1. The van der Waals surface area contributed by atoms with E-state index < -0.39 is 28.9 Å². The van der Waals surface area contributed by atoms with Crippen LogP contribution in [0.15, 0.2) is 34.8 Å². The fourth-order valence-electron chi connectivity index (χ4n) is 1.52. The van der Waals surface area contributed by atoms with E-state index in [1.807, 2.05) is 0 Å². The van der Waals surface area contributed by atoms with Crippen LogP contribution in [0.5, 0.6) is 0 Å². The van der Waals surface area contributed by atoms with E-state index in [-0.39, 0.29) is 11.4 Å². The van der Waals surface area contributed by atoms with Crippen LogP contribution in [-0.2, 0) is 0 Å². The van der Waals surface area contributed by atoms with E-state index >= 15 is 0 Å². The van der Waals surface area contributed by atoms with Gasteiger partial charge < -0.3 is 11.1 Å². The molecule has 0 bridgehead atoms. The van der Waals surface area contributed by atoms with Crippen molar-refractivity contribution in [2.24, 2.45) is 0 Å². The van der Waals surface area contributed by atoms with Gasteiger partial charge in [-0.25, -0.2) is 13.2 Å². The number of carbonyl (C=O) groups excluding carboxylic acids is 1. The van der Waals surface area contributed by atoms with Crippen molar-refractivity contribution in [1.82, 2.24) is 0 Å². The van der Waals surface area contributed by atoms with Crippen LogP contribution in [0.4, 0.5) is 24.5 Å². The first-order valence-corrected chi connectivity index (χ1v) is 6.18. The molecule has 20 heavy (non-hydrogen) atoms. The first kappa shape index (κ1) is 14.4. The molecule has 2 aromatic carbocycles. The van der Waals surface area contributed by atoms with Gasteiger partial charge in [0, 0.05) is 10.5 Å². The topological polar surface area (TPSA) is 55.1 Å². The van der Waals surface area contributed by atoms with Crippen LogP contribution in [-0.4, -0.2) is 5.91 Å². The molecule has 0 spiro atoms. The van der Waals surface area contributed by atoms with Crippen LogP contribution < -0.4 is 11.1 Å². The Balaban J connectivity index is 2.33. The Morgan fingerprint density at radius 2 is 1.80 bits per heavy atom. The Bertz CT molecular complexity index is 692. The fourth-order valence-corrected chi connectivity index (χ4v) is 1.87. The minimum Gasteiger partial charge on any atom is -0.396 e. The average Bonchev–Trinajstić information content (AvgIpc) is 2.38. The highest BCUT2D eigenvalue weighted by Gasteiger charge is 2.16. The summed E-state index contributed by atoms with van der Waals surface area (Å²) in [6.45, 7) is 0. The van der Waals surface area contributed by atoms with Crippen LogP contribution in [0.1, 0.15) is 10.4 Å². The van der Waals surface area contributed by atoms with Gasteiger partial charge in [-0.1, -0.05) is 0 Å². The van der Waals surface area contributed by atoms with Crippen molar-refractivity contribution < 1.29 is 18.0 Å². The number of rotatable bonds is 2. The summed E-state index contributed by atoms with van der Waals surface area (Å²) in [6.07, 6.45) is 0. The second kappa shape index (κ2) is 5.54. The van der Waals surface area contributed by atoms with Crippen molar-refractivity contribution in [3.63, 3.8) is 0 Å². The monoisotopic (exact) mass is 344 g/mol. The molecule has 7 heteroatoms. The standard InChI is InChI=1S/C13H8BrF3N2O/c14-8-2-1-6(15)3-12(8)19-13(20)7-4-11(18)10(17)5-9(7)16/h1-5H,18H2,(H,19,20). The van der Waals surface area contributed by atoms with Gasteiger partial charge in [-0.05, 0) is 40.2 Å². The molecule has 2 aromatic rings. The Labute approximate surface area is 120 Å². The summed E-state index contributed by atoms with van der Waals surface area (Å²) in [6, 6.07) is 5.04. The maximum absolute atomic E-state index is 13.5. The van der Waals surface area contributed by atoms with Crippen LogP contribution >= 0.6 is 15.9 Å². The summed E-state index contributed by atoms with van der Waals surface area (Å²) in [5, 5.41) is 2.31. The summed E-state index contributed by atoms with van der Waals surface area (Å²) >= 11 is 3.12. The molecule has 104 valence electrons. The largest absolute Gasteiger partial charge is 0.396 e. The molecule has 0 aliphatic rings. The zero-order chi connectivity index (χ0) is 14.9. The molecular formula is C13H8BrF3N2O. The van der Waals surface area contributed by atoms with E-state index in [0.717, 1.165) is 12.1 Å². The lowest BCUT2D eigenvalue weighted by atomic mass is 10.1. The summed E-state index contributed by atoms with van der Waals surface area (Å²) in [5.74, 6) is -3.43. The summed E-state index contributed by atoms with van der Waals surface area (Å²) in [7, 11) is 0. The number of nitrogen functional groups attached to an aromatic ring is 1. The summed E-state index contributed by atoms with van der Waals surface area (Å²) in [5.41, 5.74) is 4.62. The van der Waals surface area contributed by atoms with Gasteiger partial charge in [-0.3, -0.25) is 4.79 Å². The first-order valence-electron chi connectivity index (χ1n) is 5.39. The van der Waals surface area contributed by atoms with Gasteiger partial charge in [-0.2, -0.15) is 0 Å². The SMILES string of the molecule is Nc1cc(C(=O)Nc2cc(F)ccc2Br)c(F)cc1F. The Kier molecular flexibility index (Phi) is 3.99. The third-order valence-electron chi connectivity index (χ3n) is 2.51. The van der Waals surface area contributed by atoms with Crippen LogP contribution in [0.2, 0.25) is 0 Å². The molecule has 1 amide bonds. The second-order valence-electron chi connectivity index (χ2n) is 3.93. The van der Waals surface area contributed by atoms with Crippen molar-refractivity contribution in [2.75, 3.05) is 11.1 Å². The molecule has 2 rings (SSSR count). The Hall–Kier alpha value is -2.02. The van der Waals surface area contributed by atoms with Gasteiger partial charge in [0.1, 0.15) is 17.5 Å². The number of nitrogens with one attached hydrogen (secondary N) is 1. The van der Waals surface area contributed by atoms with Crippen molar-refractivity contribution in [2.45, 2.75) is 0 Å². The van der Waals surface area contributed by atoms with Gasteiger partial charge in [0.25, 0.3) is 5.91 Å². The van der Waals surface area contributed by atoms with Crippen molar-refractivity contribution in [1.29, 1.82) is 0 Å². The predicted octanol–water partition coefficient (Wildman–Crippen LogP) is 3.70. The van der Waals surface area contributed by atoms with Gasteiger partial charge in [0.15, 0.2) is 0 Å². The number of hydrogen-bond donors (Lipinski definition) is 2.